The summed E-state index contributed by atoms with van der Waals surface area (Å²) in [5.41, 5.74) is 2.90. The molecular weight excluding hydrogens is 340 g/mol. The molecule has 6 nitrogen and oxygen atoms in total. The van der Waals surface area contributed by atoms with Crippen LogP contribution in [0.3, 0.4) is 0 Å². The van der Waals surface area contributed by atoms with E-state index in [1.807, 2.05) is 6.07 Å². The molecule has 2 heterocycles. The third-order valence-electron chi connectivity index (χ3n) is 3.90. The highest BCUT2D eigenvalue weighted by Crippen LogP contribution is 2.36. The van der Waals surface area contributed by atoms with Crippen LogP contribution in [-0.4, -0.2) is 32.2 Å². The van der Waals surface area contributed by atoms with Crippen molar-refractivity contribution in [3.05, 3.63) is 59.4 Å². The van der Waals surface area contributed by atoms with Crippen LogP contribution in [-0.2, 0) is 25.8 Å². The van der Waals surface area contributed by atoms with Crippen LogP contribution in [0.5, 0.6) is 0 Å². The van der Waals surface area contributed by atoms with E-state index in [1.54, 1.807) is 43.6 Å². The maximum atomic E-state index is 12.4. The molecule has 0 radical (unpaired) electrons. The van der Waals surface area contributed by atoms with Crippen molar-refractivity contribution in [2.45, 2.75) is 18.2 Å². The van der Waals surface area contributed by atoms with Gasteiger partial charge in [0.1, 0.15) is 0 Å². The first-order valence-electron chi connectivity index (χ1n) is 7.81. The molecule has 0 amide bonds. The lowest BCUT2D eigenvalue weighted by Crippen LogP contribution is -2.21. The van der Waals surface area contributed by atoms with E-state index >= 15 is 0 Å². The number of para-hydroxylation sites is 1. The van der Waals surface area contributed by atoms with Gasteiger partial charge in [-0.15, -0.1) is 0 Å². The van der Waals surface area contributed by atoms with Crippen molar-refractivity contribution in [2.75, 3.05) is 18.2 Å². The van der Waals surface area contributed by atoms with Gasteiger partial charge in [-0.25, -0.2) is 13.2 Å². The van der Waals surface area contributed by atoms with Crippen LogP contribution in [0.15, 0.2) is 53.2 Å². The average Bonchev–Trinajstić information content (AvgIpc) is 2.60. The van der Waals surface area contributed by atoms with Crippen LogP contribution >= 0.6 is 0 Å². The molecule has 25 heavy (non-hydrogen) atoms. The summed E-state index contributed by atoms with van der Waals surface area (Å²) in [6.07, 6.45) is 4.70. The van der Waals surface area contributed by atoms with Crippen molar-refractivity contribution in [2.24, 2.45) is 0 Å². The first-order valence-corrected chi connectivity index (χ1v) is 9.70. The van der Waals surface area contributed by atoms with E-state index in [4.69, 9.17) is 4.74 Å². The quantitative estimate of drug-likeness (QED) is 0.845. The number of hydrogen-bond acceptors (Lipinski definition) is 6. The minimum absolute atomic E-state index is 0.203. The highest BCUT2D eigenvalue weighted by molar-refractivity contribution is 7.90. The van der Waals surface area contributed by atoms with Gasteiger partial charge in [-0.2, -0.15) is 0 Å². The number of fused-ring (bicyclic) bond motifs is 1. The first-order chi connectivity index (χ1) is 11.9. The standard InChI is InChI=1S/C18H18N2O4S/c1-3-24-18(21)14-10-12-6-4-8-15(25(2,22)23)17(12)20-16(14)13-7-5-9-19-11-13/h4-9,11,20H,3,10H2,1-2H3. The van der Waals surface area contributed by atoms with Crippen LogP contribution < -0.4 is 5.32 Å². The van der Waals surface area contributed by atoms with Gasteiger partial charge in [0.05, 0.1) is 28.5 Å². The minimum Gasteiger partial charge on any atom is -0.463 e. The summed E-state index contributed by atoms with van der Waals surface area (Å²) in [6.45, 7) is 2.01. The van der Waals surface area contributed by atoms with E-state index in [9.17, 15) is 13.2 Å². The van der Waals surface area contributed by atoms with E-state index in [1.165, 1.54) is 6.26 Å². The molecule has 1 aromatic carbocycles. The van der Waals surface area contributed by atoms with Gasteiger partial charge >= 0.3 is 5.97 Å². The molecule has 2 aromatic rings. The second-order valence-electron chi connectivity index (χ2n) is 5.68. The number of carbonyl (C=O) groups excluding carboxylic acids is 1. The zero-order valence-corrected chi connectivity index (χ0v) is 14.8. The lowest BCUT2D eigenvalue weighted by Gasteiger charge is -2.25. The van der Waals surface area contributed by atoms with Crippen molar-refractivity contribution in [3.63, 3.8) is 0 Å². The second-order valence-corrected chi connectivity index (χ2v) is 7.66. The molecule has 1 aliphatic rings. The molecule has 0 unspecified atom stereocenters. The molecule has 0 saturated heterocycles. The van der Waals surface area contributed by atoms with Gasteiger partial charge in [0.2, 0.25) is 0 Å². The highest BCUT2D eigenvalue weighted by atomic mass is 32.2. The number of sulfone groups is 1. The number of pyridine rings is 1. The predicted molar refractivity (Wildman–Crippen MR) is 94.7 cm³/mol. The Morgan fingerprint density at radius 2 is 2.08 bits per heavy atom. The smallest absolute Gasteiger partial charge is 0.336 e. The zero-order chi connectivity index (χ0) is 18.0. The van der Waals surface area contributed by atoms with E-state index in [0.29, 0.717) is 22.5 Å². The molecule has 0 bridgehead atoms. The van der Waals surface area contributed by atoms with E-state index in [-0.39, 0.29) is 17.9 Å². The van der Waals surface area contributed by atoms with E-state index in [0.717, 1.165) is 5.56 Å². The summed E-state index contributed by atoms with van der Waals surface area (Å²) in [5, 5.41) is 3.14. The number of rotatable bonds is 4. The highest BCUT2D eigenvalue weighted by Gasteiger charge is 2.28. The van der Waals surface area contributed by atoms with Crippen LogP contribution in [0.25, 0.3) is 5.70 Å². The average molecular weight is 358 g/mol. The number of nitrogens with one attached hydrogen (secondary N) is 1. The number of ether oxygens (including phenoxy) is 1. The maximum absolute atomic E-state index is 12.4. The van der Waals surface area contributed by atoms with Crippen LogP contribution in [0.1, 0.15) is 18.1 Å². The molecule has 0 saturated carbocycles. The summed E-state index contributed by atoms with van der Waals surface area (Å²) >= 11 is 0. The normalized spacial score (nSPS) is 13.8. The number of esters is 1. The van der Waals surface area contributed by atoms with Crippen molar-refractivity contribution < 1.29 is 17.9 Å². The number of aromatic nitrogens is 1. The van der Waals surface area contributed by atoms with Crippen molar-refractivity contribution >= 4 is 27.2 Å². The van der Waals surface area contributed by atoms with Gasteiger partial charge in [0.15, 0.2) is 9.84 Å². The molecule has 3 rings (SSSR count). The molecule has 1 aromatic heterocycles. The second kappa shape index (κ2) is 6.68. The van der Waals surface area contributed by atoms with Crippen molar-refractivity contribution in [3.8, 4) is 0 Å². The molecule has 1 aliphatic heterocycles. The number of hydrogen-bond donors (Lipinski definition) is 1. The predicted octanol–water partition coefficient (Wildman–Crippen LogP) is 2.43. The number of nitrogens with zero attached hydrogens (tertiary/aromatic N) is 1. The fourth-order valence-corrected chi connectivity index (χ4v) is 3.68. The third kappa shape index (κ3) is 3.41. The van der Waals surface area contributed by atoms with Gasteiger partial charge in [0.25, 0.3) is 0 Å². The topological polar surface area (TPSA) is 85.4 Å². The van der Waals surface area contributed by atoms with Gasteiger partial charge < -0.3 is 10.1 Å². The third-order valence-corrected chi connectivity index (χ3v) is 5.04. The lowest BCUT2D eigenvalue weighted by atomic mass is 9.94. The molecule has 0 aliphatic carbocycles. The zero-order valence-electron chi connectivity index (χ0n) is 13.9. The van der Waals surface area contributed by atoms with Gasteiger partial charge in [-0.3, -0.25) is 4.98 Å². The van der Waals surface area contributed by atoms with E-state index in [2.05, 4.69) is 10.3 Å². The Hall–Kier alpha value is -2.67. The Balaban J connectivity index is 2.17. The Morgan fingerprint density at radius 3 is 2.72 bits per heavy atom. The number of carbonyl (C=O) groups is 1. The Bertz CT molecular complexity index is 950. The Labute approximate surface area is 146 Å². The molecular formula is C18H18N2O4S. The van der Waals surface area contributed by atoms with E-state index < -0.39 is 15.8 Å². The lowest BCUT2D eigenvalue weighted by molar-refractivity contribution is -0.138. The van der Waals surface area contributed by atoms with Crippen molar-refractivity contribution in [1.29, 1.82) is 0 Å². The molecule has 0 fully saturated rings. The van der Waals surface area contributed by atoms with Gasteiger partial charge in [-0.05, 0) is 30.7 Å². The summed E-state index contributed by atoms with van der Waals surface area (Å²) in [5.74, 6) is -0.427. The Kier molecular flexibility index (Phi) is 4.59. The molecule has 0 spiro atoms. The summed E-state index contributed by atoms with van der Waals surface area (Å²) in [4.78, 5) is 16.7. The van der Waals surface area contributed by atoms with Crippen molar-refractivity contribution in [1.82, 2.24) is 4.98 Å². The fourth-order valence-electron chi connectivity index (χ4n) is 2.80. The fraction of sp³-hybridized carbons (Fsp3) is 0.222. The van der Waals surface area contributed by atoms with Crippen LogP contribution in [0.4, 0.5) is 5.69 Å². The summed E-state index contributed by atoms with van der Waals surface area (Å²) in [7, 11) is -3.41. The molecule has 0 atom stereocenters. The maximum Gasteiger partial charge on any atom is 0.336 e. The monoisotopic (exact) mass is 358 g/mol. The summed E-state index contributed by atoms with van der Waals surface area (Å²) < 4.78 is 29.4. The van der Waals surface area contributed by atoms with Gasteiger partial charge in [0, 0.05) is 30.6 Å². The first kappa shape index (κ1) is 17.2. The molecule has 130 valence electrons. The molecule has 1 N–H and O–H groups in total. The van der Waals surface area contributed by atoms with Crippen LogP contribution in [0, 0.1) is 0 Å². The SMILES string of the molecule is CCOC(=O)C1=C(c2cccnc2)Nc2c(cccc2S(C)(=O)=O)C1. The minimum atomic E-state index is -3.41. The molecule has 7 heteroatoms. The number of anilines is 1. The van der Waals surface area contributed by atoms with Crippen LogP contribution in [0.2, 0.25) is 0 Å². The Morgan fingerprint density at radius 1 is 1.28 bits per heavy atom. The number of benzene rings is 1. The largest absolute Gasteiger partial charge is 0.463 e. The summed E-state index contributed by atoms with van der Waals surface area (Å²) in [6, 6.07) is 8.59. The van der Waals surface area contributed by atoms with Gasteiger partial charge in [-0.1, -0.05) is 12.1 Å².